The highest BCUT2D eigenvalue weighted by atomic mass is 16.3. The van der Waals surface area contributed by atoms with Crippen molar-refractivity contribution < 1.29 is 14.3 Å². The highest BCUT2D eigenvalue weighted by molar-refractivity contribution is 5.92. The molecule has 10 nitrogen and oxygen atoms in total. The van der Waals surface area contributed by atoms with Crippen molar-refractivity contribution in [3.05, 3.63) is 30.5 Å². The number of hydrogen-bond donors (Lipinski definition) is 2. The lowest BCUT2D eigenvalue weighted by Gasteiger charge is -2.42. The van der Waals surface area contributed by atoms with Gasteiger partial charge in [-0.1, -0.05) is 0 Å². The molecule has 1 fully saturated rings. The third-order valence-electron chi connectivity index (χ3n) is 4.85. The monoisotopic (exact) mass is 357 g/mol. The number of nitrogen functional groups attached to an aromatic ring is 1. The number of carbonyl (C=O) groups excluding carboxylic acids is 1. The van der Waals surface area contributed by atoms with Crippen LogP contribution in [-0.4, -0.2) is 59.1 Å². The molecule has 4 heterocycles. The third-order valence-corrected chi connectivity index (χ3v) is 4.85. The molecular weight excluding hydrogens is 338 g/mol. The van der Waals surface area contributed by atoms with Crippen LogP contribution in [0.3, 0.4) is 0 Å². The number of amides is 1. The predicted molar refractivity (Wildman–Crippen MR) is 91.2 cm³/mol. The summed E-state index contributed by atoms with van der Waals surface area (Å²) in [6, 6.07) is -0.438. The normalized spacial score (nSPS) is 23.5. The summed E-state index contributed by atoms with van der Waals surface area (Å²) in [5.41, 5.74) is 6.06. The van der Waals surface area contributed by atoms with E-state index in [0.29, 0.717) is 30.0 Å². The molecule has 1 saturated heterocycles. The smallest absolute Gasteiger partial charge is 0.275 e. The second-order valence-electron chi connectivity index (χ2n) is 6.71. The van der Waals surface area contributed by atoms with Gasteiger partial charge >= 0.3 is 0 Å². The maximum Gasteiger partial charge on any atom is 0.275 e. The average Bonchev–Trinajstić information content (AvgIpc) is 3.21. The van der Waals surface area contributed by atoms with Crippen molar-refractivity contribution in [3.8, 4) is 0 Å². The Morgan fingerprint density at radius 2 is 2.23 bits per heavy atom. The van der Waals surface area contributed by atoms with Crippen LogP contribution >= 0.6 is 0 Å². The predicted octanol–water partition coefficient (Wildman–Crippen LogP) is 0.543. The highest BCUT2D eigenvalue weighted by Crippen LogP contribution is 2.34. The van der Waals surface area contributed by atoms with Crippen LogP contribution in [-0.2, 0) is 0 Å². The number of aryl methyl sites for hydroxylation is 1. The lowest BCUT2D eigenvalue weighted by atomic mass is 9.88. The number of imidazole rings is 1. The average molecular weight is 357 g/mol. The number of oxazole rings is 1. The Hall–Kier alpha value is -3.01. The molecule has 136 valence electrons. The second kappa shape index (κ2) is 5.77. The molecule has 3 N–H and O–H groups in total. The summed E-state index contributed by atoms with van der Waals surface area (Å²) in [6.07, 6.45) is 4.68. The number of piperidine rings is 1. The molecule has 0 radical (unpaired) electrons. The summed E-state index contributed by atoms with van der Waals surface area (Å²) in [5.74, 6) is 0.470. The second-order valence-corrected chi connectivity index (χ2v) is 6.71. The number of hydrogen-bond acceptors (Lipinski definition) is 8. The number of fused-ring (bicyclic) bond motifs is 1. The fourth-order valence-electron chi connectivity index (χ4n) is 3.32. The van der Waals surface area contributed by atoms with E-state index in [4.69, 9.17) is 10.2 Å². The third kappa shape index (κ3) is 2.58. The van der Waals surface area contributed by atoms with E-state index in [0.717, 1.165) is 0 Å². The van der Waals surface area contributed by atoms with Crippen molar-refractivity contribution in [3.63, 3.8) is 0 Å². The number of aliphatic hydroxyl groups is 1. The number of rotatable bonds is 2. The molecule has 1 amide bonds. The van der Waals surface area contributed by atoms with Gasteiger partial charge in [0, 0.05) is 20.0 Å². The number of nitrogens with two attached hydrogens (primary N) is 1. The maximum absolute atomic E-state index is 12.7. The van der Waals surface area contributed by atoms with Crippen LogP contribution in [0, 0.1) is 6.92 Å². The lowest BCUT2D eigenvalue weighted by molar-refractivity contribution is -0.0434. The SMILES string of the molecule is Cc1nc(C(=O)N2CC[C@@](C)(O)[C@H](n3cnc4c(N)ncnc43)C2)co1. The van der Waals surface area contributed by atoms with Gasteiger partial charge in [0.15, 0.2) is 23.0 Å². The molecule has 1 aliphatic heterocycles. The van der Waals surface area contributed by atoms with E-state index in [-0.39, 0.29) is 24.0 Å². The Kier molecular flexibility index (Phi) is 3.65. The first kappa shape index (κ1) is 16.5. The minimum atomic E-state index is -1.04. The van der Waals surface area contributed by atoms with Crippen LogP contribution in [0.4, 0.5) is 5.82 Å². The molecule has 4 rings (SSSR count). The van der Waals surface area contributed by atoms with Gasteiger partial charge in [-0.25, -0.2) is 19.9 Å². The summed E-state index contributed by atoms with van der Waals surface area (Å²) < 4.78 is 6.88. The molecule has 3 aromatic heterocycles. The summed E-state index contributed by atoms with van der Waals surface area (Å²) in [5, 5.41) is 10.9. The van der Waals surface area contributed by atoms with E-state index in [1.165, 1.54) is 12.6 Å². The molecule has 0 spiro atoms. The Labute approximate surface area is 148 Å². The number of anilines is 1. The first-order valence-electron chi connectivity index (χ1n) is 8.23. The Balaban J connectivity index is 1.69. The van der Waals surface area contributed by atoms with Crippen molar-refractivity contribution >= 4 is 22.9 Å². The maximum atomic E-state index is 12.7. The fraction of sp³-hybridized carbons (Fsp3) is 0.438. The molecule has 1 aliphatic rings. The molecule has 0 saturated carbocycles. The van der Waals surface area contributed by atoms with Crippen LogP contribution in [0.5, 0.6) is 0 Å². The quantitative estimate of drug-likeness (QED) is 0.678. The zero-order valence-electron chi connectivity index (χ0n) is 14.5. The fourth-order valence-corrected chi connectivity index (χ4v) is 3.32. The van der Waals surface area contributed by atoms with E-state index < -0.39 is 11.6 Å². The van der Waals surface area contributed by atoms with Gasteiger partial charge in [0.25, 0.3) is 5.91 Å². The van der Waals surface area contributed by atoms with Gasteiger partial charge in [-0.15, -0.1) is 0 Å². The van der Waals surface area contributed by atoms with Gasteiger partial charge < -0.3 is 24.7 Å². The Morgan fingerprint density at radius 3 is 2.96 bits per heavy atom. The lowest BCUT2D eigenvalue weighted by Crippen LogP contribution is -2.52. The first-order valence-corrected chi connectivity index (χ1v) is 8.23. The molecule has 2 atom stereocenters. The van der Waals surface area contributed by atoms with E-state index in [1.807, 2.05) is 0 Å². The Morgan fingerprint density at radius 1 is 1.42 bits per heavy atom. The van der Waals surface area contributed by atoms with Crippen molar-refractivity contribution in [2.24, 2.45) is 0 Å². The summed E-state index contributed by atoms with van der Waals surface area (Å²) >= 11 is 0. The first-order chi connectivity index (χ1) is 12.4. The molecule has 10 heteroatoms. The van der Waals surface area contributed by atoms with Gasteiger partial charge in [0.1, 0.15) is 18.1 Å². The Bertz CT molecular complexity index is 977. The standard InChI is InChI=1S/C16H19N7O3/c1-9-21-10(6-26-9)15(24)22-4-3-16(2,25)11(5-22)23-8-20-12-13(17)18-7-19-14(12)23/h6-8,11,25H,3-5H2,1-2H3,(H2,17,18,19)/t11-,16-/m1/s1. The minimum absolute atomic E-state index is 0.235. The molecule has 0 unspecified atom stereocenters. The van der Waals surface area contributed by atoms with Crippen LogP contribution in [0.25, 0.3) is 11.2 Å². The van der Waals surface area contributed by atoms with E-state index in [1.54, 1.807) is 29.6 Å². The zero-order valence-corrected chi connectivity index (χ0v) is 14.5. The van der Waals surface area contributed by atoms with Gasteiger partial charge in [0.05, 0.1) is 18.0 Å². The number of nitrogens with zero attached hydrogens (tertiary/aromatic N) is 6. The molecule has 0 aliphatic carbocycles. The van der Waals surface area contributed by atoms with E-state index in [2.05, 4.69) is 19.9 Å². The van der Waals surface area contributed by atoms with Crippen molar-refractivity contribution in [2.45, 2.75) is 31.9 Å². The number of carbonyl (C=O) groups is 1. The summed E-state index contributed by atoms with van der Waals surface area (Å²) in [6.45, 7) is 4.13. The van der Waals surface area contributed by atoms with Gasteiger partial charge in [0.2, 0.25) is 0 Å². The van der Waals surface area contributed by atoms with Gasteiger partial charge in [-0.3, -0.25) is 4.79 Å². The van der Waals surface area contributed by atoms with Crippen molar-refractivity contribution in [1.82, 2.24) is 29.4 Å². The summed E-state index contributed by atoms with van der Waals surface area (Å²) in [7, 11) is 0. The van der Waals surface area contributed by atoms with E-state index >= 15 is 0 Å². The summed E-state index contributed by atoms with van der Waals surface area (Å²) in [4.78, 5) is 30.9. The van der Waals surface area contributed by atoms with Gasteiger partial charge in [-0.05, 0) is 13.3 Å². The van der Waals surface area contributed by atoms with Crippen LogP contribution in [0.1, 0.15) is 35.8 Å². The van der Waals surface area contributed by atoms with Gasteiger partial charge in [-0.2, -0.15) is 0 Å². The molecule has 3 aromatic rings. The largest absolute Gasteiger partial charge is 0.448 e. The van der Waals surface area contributed by atoms with Crippen LogP contribution in [0.15, 0.2) is 23.3 Å². The molecular formula is C16H19N7O3. The number of likely N-dealkylation sites (tertiary alicyclic amines) is 1. The highest BCUT2D eigenvalue weighted by Gasteiger charge is 2.41. The molecule has 26 heavy (non-hydrogen) atoms. The zero-order chi connectivity index (χ0) is 18.5. The molecule has 0 aromatic carbocycles. The number of aromatic nitrogens is 5. The topological polar surface area (TPSA) is 136 Å². The van der Waals surface area contributed by atoms with Crippen LogP contribution in [0.2, 0.25) is 0 Å². The van der Waals surface area contributed by atoms with Crippen molar-refractivity contribution in [1.29, 1.82) is 0 Å². The van der Waals surface area contributed by atoms with Crippen molar-refractivity contribution in [2.75, 3.05) is 18.8 Å². The van der Waals surface area contributed by atoms with Crippen LogP contribution < -0.4 is 5.73 Å². The molecule has 0 bridgehead atoms. The minimum Gasteiger partial charge on any atom is -0.448 e. The van der Waals surface area contributed by atoms with E-state index in [9.17, 15) is 9.90 Å².